The van der Waals surface area contributed by atoms with Crippen molar-refractivity contribution in [3.8, 4) is 0 Å². The van der Waals surface area contributed by atoms with Crippen molar-refractivity contribution in [3.05, 3.63) is 35.9 Å². The molecule has 1 fully saturated rings. The minimum absolute atomic E-state index is 0.120. The van der Waals surface area contributed by atoms with E-state index >= 15 is 0 Å². The SMILES string of the molecule is CCCC.CCCNCC(=O)NC1CCC(=O)N(CC(=O)c2ccccc2)C1=O. The minimum atomic E-state index is -0.766. The lowest BCUT2D eigenvalue weighted by Crippen LogP contribution is -2.56. The number of amides is 3. The first-order valence-corrected chi connectivity index (χ1v) is 10.4. The number of piperidine rings is 1. The second-order valence-corrected chi connectivity index (χ2v) is 6.94. The molecular weight excluding hydrogens is 370 g/mol. The van der Waals surface area contributed by atoms with Gasteiger partial charge in [0, 0.05) is 12.0 Å². The Balaban J connectivity index is 0.000000960. The van der Waals surface area contributed by atoms with Gasteiger partial charge >= 0.3 is 0 Å². The standard InChI is InChI=1S/C18H23N3O4.C4H10/c1-2-10-19-11-16(23)20-14-8-9-17(24)21(18(14)25)12-15(22)13-6-4-3-5-7-13;1-3-4-2/h3-7,14,19H,2,8-12H2,1H3,(H,20,23);3-4H2,1-2H3. The molecule has 1 heterocycles. The summed E-state index contributed by atoms with van der Waals surface area (Å²) in [6.45, 7) is 6.88. The van der Waals surface area contributed by atoms with Crippen molar-refractivity contribution >= 4 is 23.5 Å². The van der Waals surface area contributed by atoms with Crippen LogP contribution in [-0.4, -0.2) is 54.1 Å². The summed E-state index contributed by atoms with van der Waals surface area (Å²) in [7, 11) is 0. The summed E-state index contributed by atoms with van der Waals surface area (Å²) in [6.07, 6.45) is 3.92. The number of ketones is 1. The van der Waals surface area contributed by atoms with Gasteiger partial charge in [0.25, 0.3) is 5.91 Å². The van der Waals surface area contributed by atoms with Crippen LogP contribution in [0.25, 0.3) is 0 Å². The van der Waals surface area contributed by atoms with Gasteiger partial charge in [-0.25, -0.2) is 0 Å². The fourth-order valence-electron chi connectivity index (χ4n) is 2.62. The third kappa shape index (κ3) is 8.56. The maximum atomic E-state index is 12.5. The third-order valence-electron chi connectivity index (χ3n) is 4.46. The molecule has 7 nitrogen and oxygen atoms in total. The van der Waals surface area contributed by atoms with Crippen LogP contribution < -0.4 is 10.6 Å². The minimum Gasteiger partial charge on any atom is -0.343 e. The van der Waals surface area contributed by atoms with Crippen molar-refractivity contribution in [2.24, 2.45) is 0 Å². The Morgan fingerprint density at radius 1 is 1.03 bits per heavy atom. The van der Waals surface area contributed by atoms with Gasteiger partial charge in [-0.15, -0.1) is 0 Å². The van der Waals surface area contributed by atoms with Crippen LogP contribution in [0, 0.1) is 0 Å². The van der Waals surface area contributed by atoms with Crippen LogP contribution in [0.4, 0.5) is 0 Å². The van der Waals surface area contributed by atoms with Crippen LogP contribution in [0.1, 0.15) is 63.2 Å². The highest BCUT2D eigenvalue weighted by molar-refractivity contribution is 6.07. The molecule has 1 unspecified atom stereocenters. The van der Waals surface area contributed by atoms with Gasteiger partial charge in [0.05, 0.1) is 13.1 Å². The predicted molar refractivity (Wildman–Crippen MR) is 112 cm³/mol. The number of benzene rings is 1. The number of rotatable bonds is 9. The molecule has 3 amide bonds. The quantitative estimate of drug-likeness (QED) is 0.375. The number of carbonyl (C=O) groups excluding carboxylic acids is 4. The highest BCUT2D eigenvalue weighted by Gasteiger charge is 2.36. The van der Waals surface area contributed by atoms with Crippen LogP contribution in [-0.2, 0) is 14.4 Å². The molecule has 1 aromatic carbocycles. The molecule has 0 bridgehead atoms. The number of nitrogens with zero attached hydrogens (tertiary/aromatic N) is 1. The maximum absolute atomic E-state index is 12.5. The fraction of sp³-hybridized carbons (Fsp3) is 0.545. The van der Waals surface area contributed by atoms with E-state index in [0.717, 1.165) is 11.3 Å². The topological polar surface area (TPSA) is 95.6 Å². The number of likely N-dealkylation sites (tertiary alicyclic amines) is 1. The molecule has 1 saturated heterocycles. The summed E-state index contributed by atoms with van der Waals surface area (Å²) in [5.41, 5.74) is 0.443. The van der Waals surface area contributed by atoms with Gasteiger partial charge in [-0.2, -0.15) is 0 Å². The average Bonchev–Trinajstić information content (AvgIpc) is 2.74. The van der Waals surface area contributed by atoms with Gasteiger partial charge in [-0.05, 0) is 19.4 Å². The van der Waals surface area contributed by atoms with E-state index in [9.17, 15) is 19.2 Å². The summed E-state index contributed by atoms with van der Waals surface area (Å²) in [5.74, 6) is -1.51. The van der Waals surface area contributed by atoms with Crippen LogP contribution in [0.15, 0.2) is 30.3 Å². The van der Waals surface area contributed by atoms with Crippen LogP contribution in [0.3, 0.4) is 0 Å². The molecule has 1 atom stereocenters. The molecular formula is C22H33N3O4. The smallest absolute Gasteiger partial charge is 0.252 e. The van der Waals surface area contributed by atoms with E-state index in [1.165, 1.54) is 12.8 Å². The maximum Gasteiger partial charge on any atom is 0.252 e. The van der Waals surface area contributed by atoms with Crippen LogP contribution >= 0.6 is 0 Å². The number of imide groups is 1. The number of hydrogen-bond acceptors (Lipinski definition) is 5. The zero-order valence-electron chi connectivity index (χ0n) is 17.7. The molecule has 0 aliphatic carbocycles. The zero-order valence-corrected chi connectivity index (χ0v) is 17.7. The summed E-state index contributed by atoms with van der Waals surface area (Å²) < 4.78 is 0. The van der Waals surface area contributed by atoms with Gasteiger partial charge < -0.3 is 10.6 Å². The normalized spacial score (nSPS) is 16.1. The van der Waals surface area contributed by atoms with Gasteiger partial charge in [0.1, 0.15) is 6.04 Å². The van der Waals surface area contributed by atoms with E-state index in [1.807, 2.05) is 6.92 Å². The van der Waals surface area contributed by atoms with Crippen molar-refractivity contribution in [2.45, 2.75) is 58.9 Å². The predicted octanol–water partition coefficient (Wildman–Crippen LogP) is 2.31. The first-order valence-electron chi connectivity index (χ1n) is 10.4. The molecule has 160 valence electrons. The molecule has 7 heteroatoms. The van der Waals surface area contributed by atoms with Gasteiger partial charge in [0.15, 0.2) is 5.78 Å². The highest BCUT2D eigenvalue weighted by atomic mass is 16.2. The van der Waals surface area contributed by atoms with Crippen molar-refractivity contribution in [2.75, 3.05) is 19.6 Å². The van der Waals surface area contributed by atoms with Crippen molar-refractivity contribution < 1.29 is 19.2 Å². The summed E-state index contributed by atoms with van der Waals surface area (Å²) in [5, 5.41) is 5.59. The van der Waals surface area contributed by atoms with E-state index in [4.69, 9.17) is 0 Å². The molecule has 1 aliphatic heterocycles. The molecule has 1 aliphatic rings. The van der Waals surface area contributed by atoms with Crippen molar-refractivity contribution in [1.29, 1.82) is 0 Å². The number of nitrogens with one attached hydrogen (secondary N) is 2. The average molecular weight is 404 g/mol. The molecule has 29 heavy (non-hydrogen) atoms. The fourth-order valence-corrected chi connectivity index (χ4v) is 2.62. The second-order valence-electron chi connectivity index (χ2n) is 6.94. The van der Waals surface area contributed by atoms with Gasteiger partial charge in [-0.3, -0.25) is 24.1 Å². The monoisotopic (exact) mass is 403 g/mol. The second kappa shape index (κ2) is 13.6. The molecule has 2 rings (SSSR count). The van der Waals surface area contributed by atoms with E-state index in [-0.39, 0.29) is 43.5 Å². The number of Topliss-reactive ketones (excluding diaryl/α,β-unsaturated/α-hetero) is 1. The van der Waals surface area contributed by atoms with Crippen LogP contribution in [0.5, 0.6) is 0 Å². The van der Waals surface area contributed by atoms with Gasteiger partial charge in [0.2, 0.25) is 11.8 Å². The summed E-state index contributed by atoms with van der Waals surface area (Å²) in [4.78, 5) is 49.6. The first kappa shape index (κ1) is 24.5. The van der Waals surface area contributed by atoms with Crippen molar-refractivity contribution in [1.82, 2.24) is 15.5 Å². The Labute approximate surface area is 173 Å². The summed E-state index contributed by atoms with van der Waals surface area (Å²) >= 11 is 0. The number of carbonyl (C=O) groups is 4. The Kier molecular flexibility index (Phi) is 11.5. The molecule has 0 spiro atoms. The first-order chi connectivity index (χ1) is 13.9. The Morgan fingerprint density at radius 3 is 2.28 bits per heavy atom. The zero-order chi connectivity index (χ0) is 21.6. The van der Waals surface area contributed by atoms with E-state index in [2.05, 4.69) is 24.5 Å². The van der Waals surface area contributed by atoms with E-state index < -0.39 is 11.9 Å². The lowest BCUT2D eigenvalue weighted by molar-refractivity contribution is -0.150. The Hall–Kier alpha value is -2.54. The van der Waals surface area contributed by atoms with Crippen LogP contribution in [0.2, 0.25) is 0 Å². The van der Waals surface area contributed by atoms with E-state index in [0.29, 0.717) is 12.1 Å². The van der Waals surface area contributed by atoms with Crippen molar-refractivity contribution in [3.63, 3.8) is 0 Å². The molecule has 0 radical (unpaired) electrons. The molecule has 0 saturated carbocycles. The molecule has 1 aromatic rings. The lowest BCUT2D eigenvalue weighted by Gasteiger charge is -2.30. The number of unbranched alkanes of at least 4 members (excludes halogenated alkanes) is 1. The lowest BCUT2D eigenvalue weighted by atomic mass is 10.0. The third-order valence-corrected chi connectivity index (χ3v) is 4.46. The van der Waals surface area contributed by atoms with Gasteiger partial charge in [-0.1, -0.05) is 63.9 Å². The molecule has 2 N–H and O–H groups in total. The Morgan fingerprint density at radius 2 is 1.69 bits per heavy atom. The Bertz CT molecular complexity index is 674. The highest BCUT2D eigenvalue weighted by Crippen LogP contribution is 2.14. The summed E-state index contributed by atoms with van der Waals surface area (Å²) in [6, 6.07) is 7.74. The molecule has 0 aromatic heterocycles. The number of hydrogen-bond donors (Lipinski definition) is 2. The largest absolute Gasteiger partial charge is 0.343 e. The van der Waals surface area contributed by atoms with E-state index in [1.54, 1.807) is 30.3 Å².